The van der Waals surface area contributed by atoms with Crippen LogP contribution in [0.15, 0.2) is 65.1 Å². The normalized spacial score (nSPS) is 12.8. The molecule has 1 saturated carbocycles. The quantitative estimate of drug-likeness (QED) is 0.565. The van der Waals surface area contributed by atoms with Crippen molar-refractivity contribution in [3.63, 3.8) is 0 Å². The molecule has 0 saturated heterocycles. The third-order valence-electron chi connectivity index (χ3n) is 4.63. The van der Waals surface area contributed by atoms with Gasteiger partial charge in [0.15, 0.2) is 6.61 Å². The van der Waals surface area contributed by atoms with Gasteiger partial charge in [-0.3, -0.25) is 9.59 Å². The summed E-state index contributed by atoms with van der Waals surface area (Å²) < 4.78 is 23.5. The molecule has 2 amide bonds. The molecule has 1 aliphatic carbocycles. The number of carbonyl (C=O) groups excluding carboxylic acids is 3. The van der Waals surface area contributed by atoms with Crippen molar-refractivity contribution in [3.05, 3.63) is 77.8 Å². The van der Waals surface area contributed by atoms with E-state index in [2.05, 4.69) is 10.6 Å². The van der Waals surface area contributed by atoms with Gasteiger partial charge in [0.05, 0.1) is 11.3 Å². The fourth-order valence-electron chi connectivity index (χ4n) is 2.89. The van der Waals surface area contributed by atoms with Gasteiger partial charge in [0.2, 0.25) is 5.76 Å². The molecule has 0 unspecified atom stereocenters. The summed E-state index contributed by atoms with van der Waals surface area (Å²) in [6.45, 7) is -0.552. The summed E-state index contributed by atoms with van der Waals surface area (Å²) in [5, 5.41) is 5.45. The molecule has 1 fully saturated rings. The zero-order chi connectivity index (χ0) is 21.8. The van der Waals surface area contributed by atoms with Crippen LogP contribution in [0.3, 0.4) is 0 Å². The minimum absolute atomic E-state index is 0.0867. The minimum atomic E-state index is -0.816. The van der Waals surface area contributed by atoms with E-state index in [1.165, 1.54) is 30.3 Å². The highest BCUT2D eigenvalue weighted by atomic mass is 19.1. The number of esters is 1. The first-order valence-electron chi connectivity index (χ1n) is 9.72. The molecule has 3 aromatic rings. The van der Waals surface area contributed by atoms with E-state index in [1.807, 2.05) is 0 Å². The molecule has 7 nitrogen and oxygen atoms in total. The Morgan fingerprint density at radius 2 is 1.74 bits per heavy atom. The van der Waals surface area contributed by atoms with Gasteiger partial charge in [-0.2, -0.15) is 0 Å². The molecule has 1 aliphatic rings. The maximum Gasteiger partial charge on any atom is 0.374 e. The van der Waals surface area contributed by atoms with Crippen LogP contribution in [0.25, 0.3) is 11.3 Å². The molecule has 2 aromatic carbocycles. The maximum atomic E-state index is 13.0. The number of halogens is 1. The molecule has 0 radical (unpaired) electrons. The minimum Gasteiger partial charge on any atom is -0.450 e. The van der Waals surface area contributed by atoms with Crippen molar-refractivity contribution >= 4 is 23.5 Å². The summed E-state index contributed by atoms with van der Waals surface area (Å²) in [6, 6.07) is 15.4. The predicted molar refractivity (Wildman–Crippen MR) is 110 cm³/mol. The molecule has 8 heteroatoms. The SMILES string of the molecule is O=C(COC(=O)c1ccc(-c2ccc(F)cc2)o1)Nc1ccccc1C(=O)NC1CC1. The van der Waals surface area contributed by atoms with Gasteiger partial charge in [0.1, 0.15) is 11.6 Å². The smallest absolute Gasteiger partial charge is 0.374 e. The number of hydrogen-bond donors (Lipinski definition) is 2. The summed E-state index contributed by atoms with van der Waals surface area (Å²) in [5.41, 5.74) is 1.27. The average molecular weight is 422 g/mol. The molecule has 0 spiro atoms. The van der Waals surface area contributed by atoms with Crippen molar-refractivity contribution < 1.29 is 27.9 Å². The van der Waals surface area contributed by atoms with Gasteiger partial charge in [0.25, 0.3) is 11.8 Å². The van der Waals surface area contributed by atoms with Gasteiger partial charge in [-0.1, -0.05) is 12.1 Å². The number of anilines is 1. The van der Waals surface area contributed by atoms with E-state index in [0.717, 1.165) is 12.8 Å². The van der Waals surface area contributed by atoms with Crippen LogP contribution in [-0.2, 0) is 9.53 Å². The molecule has 0 aliphatic heterocycles. The van der Waals surface area contributed by atoms with Gasteiger partial charge in [-0.25, -0.2) is 9.18 Å². The molecule has 1 heterocycles. The van der Waals surface area contributed by atoms with Crippen molar-refractivity contribution in [2.24, 2.45) is 0 Å². The largest absolute Gasteiger partial charge is 0.450 e. The Balaban J connectivity index is 1.33. The summed E-state index contributed by atoms with van der Waals surface area (Å²) in [4.78, 5) is 36.7. The van der Waals surface area contributed by atoms with Gasteiger partial charge >= 0.3 is 5.97 Å². The zero-order valence-corrected chi connectivity index (χ0v) is 16.4. The summed E-state index contributed by atoms with van der Waals surface area (Å²) in [5.74, 6) is -1.77. The Kier molecular flexibility index (Phi) is 5.79. The number of carbonyl (C=O) groups is 3. The summed E-state index contributed by atoms with van der Waals surface area (Å²) in [7, 11) is 0. The Morgan fingerprint density at radius 1 is 1.00 bits per heavy atom. The lowest BCUT2D eigenvalue weighted by molar-refractivity contribution is -0.119. The monoisotopic (exact) mass is 422 g/mol. The summed E-state index contributed by atoms with van der Waals surface area (Å²) in [6.07, 6.45) is 1.90. The maximum absolute atomic E-state index is 13.0. The van der Waals surface area contributed by atoms with Crippen LogP contribution in [-0.4, -0.2) is 30.4 Å². The fraction of sp³-hybridized carbons (Fsp3) is 0.174. The lowest BCUT2D eigenvalue weighted by Gasteiger charge is -2.11. The number of nitrogens with one attached hydrogen (secondary N) is 2. The van der Waals surface area contributed by atoms with E-state index in [1.54, 1.807) is 30.3 Å². The van der Waals surface area contributed by atoms with Crippen LogP contribution in [0.4, 0.5) is 10.1 Å². The third-order valence-corrected chi connectivity index (χ3v) is 4.63. The topological polar surface area (TPSA) is 97.6 Å². The molecule has 2 N–H and O–H groups in total. The lowest BCUT2D eigenvalue weighted by atomic mass is 10.1. The van der Waals surface area contributed by atoms with Crippen LogP contribution in [0.5, 0.6) is 0 Å². The van der Waals surface area contributed by atoms with Crippen LogP contribution in [0.2, 0.25) is 0 Å². The van der Waals surface area contributed by atoms with E-state index in [-0.39, 0.29) is 23.5 Å². The van der Waals surface area contributed by atoms with Gasteiger partial charge < -0.3 is 19.8 Å². The first kappa shape index (κ1) is 20.3. The third kappa shape index (κ3) is 5.16. The number of hydrogen-bond acceptors (Lipinski definition) is 5. The van der Waals surface area contributed by atoms with Gasteiger partial charge in [0, 0.05) is 11.6 Å². The molecule has 158 valence electrons. The first-order valence-corrected chi connectivity index (χ1v) is 9.72. The molecule has 31 heavy (non-hydrogen) atoms. The second kappa shape index (κ2) is 8.83. The highest BCUT2D eigenvalue weighted by Gasteiger charge is 2.25. The van der Waals surface area contributed by atoms with Gasteiger partial charge in [-0.15, -0.1) is 0 Å². The van der Waals surface area contributed by atoms with E-state index >= 15 is 0 Å². The highest BCUT2D eigenvalue weighted by molar-refractivity contribution is 6.04. The molecule has 4 rings (SSSR count). The predicted octanol–water partition coefficient (Wildman–Crippen LogP) is 3.77. The number of furan rings is 1. The molecule has 0 atom stereocenters. The molecule has 0 bridgehead atoms. The van der Waals surface area contributed by atoms with Crippen molar-refractivity contribution in [1.82, 2.24) is 5.32 Å². The van der Waals surface area contributed by atoms with Crippen molar-refractivity contribution in [3.8, 4) is 11.3 Å². The van der Waals surface area contributed by atoms with E-state index in [0.29, 0.717) is 22.6 Å². The second-order valence-corrected chi connectivity index (χ2v) is 7.09. The van der Waals surface area contributed by atoms with E-state index < -0.39 is 18.5 Å². The van der Waals surface area contributed by atoms with Crippen LogP contribution in [0.1, 0.15) is 33.8 Å². The summed E-state index contributed by atoms with van der Waals surface area (Å²) >= 11 is 0. The fourth-order valence-corrected chi connectivity index (χ4v) is 2.89. The van der Waals surface area contributed by atoms with Crippen molar-refractivity contribution in [2.45, 2.75) is 18.9 Å². The number of amides is 2. The number of rotatable bonds is 7. The Labute approximate surface area is 177 Å². The standard InChI is InChI=1S/C23H19FN2O5/c24-15-7-5-14(6-8-15)19-11-12-20(31-19)23(29)30-13-21(27)26-18-4-2-1-3-17(18)22(28)25-16-9-10-16/h1-8,11-12,16H,9-10,13H2,(H,25,28)(H,26,27). The number of para-hydroxylation sites is 1. The Bertz CT molecular complexity index is 1120. The van der Waals surface area contributed by atoms with E-state index in [4.69, 9.17) is 9.15 Å². The van der Waals surface area contributed by atoms with Crippen molar-refractivity contribution in [2.75, 3.05) is 11.9 Å². The first-order chi connectivity index (χ1) is 15.0. The van der Waals surface area contributed by atoms with Crippen LogP contribution < -0.4 is 10.6 Å². The Hall–Kier alpha value is -3.94. The average Bonchev–Trinajstić information content (AvgIpc) is 3.44. The Morgan fingerprint density at radius 3 is 2.48 bits per heavy atom. The molecule has 1 aromatic heterocycles. The second-order valence-electron chi connectivity index (χ2n) is 7.09. The number of benzene rings is 2. The molecular weight excluding hydrogens is 403 g/mol. The molecular formula is C23H19FN2O5. The van der Waals surface area contributed by atoms with E-state index in [9.17, 15) is 18.8 Å². The van der Waals surface area contributed by atoms with Crippen LogP contribution in [0, 0.1) is 5.82 Å². The lowest BCUT2D eigenvalue weighted by Crippen LogP contribution is -2.27. The number of ether oxygens (including phenoxy) is 1. The highest BCUT2D eigenvalue weighted by Crippen LogP contribution is 2.23. The zero-order valence-electron chi connectivity index (χ0n) is 16.4. The van der Waals surface area contributed by atoms with Crippen molar-refractivity contribution in [1.29, 1.82) is 0 Å². The van der Waals surface area contributed by atoms with Crippen LogP contribution >= 0.6 is 0 Å². The van der Waals surface area contributed by atoms with Gasteiger partial charge in [-0.05, 0) is 61.4 Å².